The number of nitrogens with one attached hydrogen (secondary N) is 3. The molecule has 0 radical (unpaired) electrons. The Bertz CT molecular complexity index is 2090. The van der Waals surface area contributed by atoms with Crippen LogP contribution in [0.2, 0.25) is 10.0 Å². The Labute approximate surface area is 311 Å². The van der Waals surface area contributed by atoms with E-state index in [0.29, 0.717) is 43.3 Å². The first-order chi connectivity index (χ1) is 24.1. The molecular formula is C34H38Cl2FN5O6S3. The Kier molecular flexibility index (Phi) is 11.3. The van der Waals surface area contributed by atoms with Gasteiger partial charge in [-0.15, -0.1) is 11.8 Å². The summed E-state index contributed by atoms with van der Waals surface area (Å²) in [6, 6.07) is 15.7. The van der Waals surface area contributed by atoms with E-state index in [9.17, 15) is 26.3 Å². The molecule has 2 aliphatic heterocycles. The maximum Gasteiger partial charge on any atom is 0.243 e. The number of allylic oxidation sites excluding steroid dienone is 3. The van der Waals surface area contributed by atoms with Crippen molar-refractivity contribution in [1.29, 1.82) is 0 Å². The van der Waals surface area contributed by atoms with E-state index in [0.717, 1.165) is 22.7 Å². The summed E-state index contributed by atoms with van der Waals surface area (Å²) in [7, 11) is -6.38. The molecule has 17 heteroatoms. The van der Waals surface area contributed by atoms with E-state index in [-0.39, 0.29) is 25.8 Å². The summed E-state index contributed by atoms with van der Waals surface area (Å²) < 4.78 is 75.2. The van der Waals surface area contributed by atoms with Gasteiger partial charge < -0.3 is 14.7 Å². The molecule has 4 N–H and O–H groups in total. The van der Waals surface area contributed by atoms with Gasteiger partial charge in [-0.1, -0.05) is 61.3 Å². The van der Waals surface area contributed by atoms with Gasteiger partial charge in [0.15, 0.2) is 6.35 Å². The molecular weight excluding hydrogens is 761 g/mol. The van der Waals surface area contributed by atoms with Crippen molar-refractivity contribution in [2.75, 3.05) is 38.3 Å². The molecule has 274 valence electrons. The molecule has 51 heavy (non-hydrogen) atoms. The smallest absolute Gasteiger partial charge is 0.243 e. The van der Waals surface area contributed by atoms with Gasteiger partial charge in [0.1, 0.15) is 5.82 Å². The number of aliphatic hydroxyl groups excluding tert-OH is 1. The van der Waals surface area contributed by atoms with Crippen LogP contribution in [0.1, 0.15) is 31.4 Å². The first kappa shape index (κ1) is 38.2. The van der Waals surface area contributed by atoms with E-state index in [1.54, 1.807) is 47.5 Å². The summed E-state index contributed by atoms with van der Waals surface area (Å²) in [6.07, 6.45) is 1.46. The van der Waals surface area contributed by atoms with Crippen LogP contribution in [0.25, 0.3) is 0 Å². The van der Waals surface area contributed by atoms with Crippen molar-refractivity contribution >= 4 is 60.7 Å². The molecule has 3 aromatic carbocycles. The van der Waals surface area contributed by atoms with E-state index in [4.69, 9.17) is 27.9 Å². The summed E-state index contributed by atoms with van der Waals surface area (Å²) >= 11 is 14.5. The van der Waals surface area contributed by atoms with Crippen LogP contribution in [0.5, 0.6) is 0 Å². The molecule has 1 saturated carbocycles. The van der Waals surface area contributed by atoms with Gasteiger partial charge in [-0.2, -0.15) is 4.72 Å². The van der Waals surface area contributed by atoms with Crippen LogP contribution in [0, 0.1) is 11.7 Å². The normalized spacial score (nSPS) is 19.2. The second-order valence-electron chi connectivity index (χ2n) is 12.8. The lowest BCUT2D eigenvalue weighted by Gasteiger charge is -2.40. The van der Waals surface area contributed by atoms with Gasteiger partial charge >= 0.3 is 0 Å². The summed E-state index contributed by atoms with van der Waals surface area (Å²) in [5, 5.41) is 13.2. The number of thioether (sulfide) groups is 1. The minimum absolute atomic E-state index is 0.0303. The summed E-state index contributed by atoms with van der Waals surface area (Å²) in [6.45, 7) is 6.01. The molecule has 1 saturated heterocycles. The number of hydrogen-bond acceptors (Lipinski definition) is 10. The van der Waals surface area contributed by atoms with E-state index in [2.05, 4.69) is 25.8 Å². The van der Waals surface area contributed by atoms with E-state index in [1.165, 1.54) is 42.6 Å². The molecule has 0 bridgehead atoms. The number of anilines is 1. The van der Waals surface area contributed by atoms with Crippen molar-refractivity contribution in [3.8, 4) is 0 Å². The van der Waals surface area contributed by atoms with Crippen LogP contribution in [0.3, 0.4) is 0 Å². The Morgan fingerprint density at radius 1 is 0.980 bits per heavy atom. The van der Waals surface area contributed by atoms with Crippen molar-refractivity contribution in [2.45, 2.75) is 47.6 Å². The lowest BCUT2D eigenvalue weighted by atomic mass is 9.79. The highest BCUT2D eigenvalue weighted by Crippen LogP contribution is 2.55. The van der Waals surface area contributed by atoms with Gasteiger partial charge in [0.2, 0.25) is 20.0 Å². The van der Waals surface area contributed by atoms with Crippen molar-refractivity contribution < 1.29 is 31.1 Å². The quantitative estimate of drug-likeness (QED) is 0.169. The Morgan fingerprint density at radius 3 is 2.31 bits per heavy atom. The number of hydrogen-bond donors (Lipinski definition) is 4. The maximum absolute atomic E-state index is 14.4. The zero-order valence-electron chi connectivity index (χ0n) is 28.0. The number of benzene rings is 3. The van der Waals surface area contributed by atoms with Crippen molar-refractivity contribution in [3.05, 3.63) is 110 Å². The molecule has 0 aromatic heterocycles. The molecule has 2 fully saturated rings. The number of rotatable bonds is 13. The standard InChI is InChI=1S/C34H38Cl2FN5O6S3/c1-34(2,23-5-9-25(10-6-23)50(44,45)38-3)31-17-22-16-27(22)32(42(31)24-7-11-30(37)29(36)18-24)49-20-21-4-8-26(19-28(21)35)51(46,47)40-33(43)39-41-12-14-48-15-13-41/h4-11,17-19,22,33,38-40,43H,12-16,20H2,1-3H3. The molecule has 3 aliphatic rings. The third kappa shape index (κ3) is 8.34. The number of hydrazine groups is 1. The van der Waals surface area contributed by atoms with Gasteiger partial charge in [0.05, 0.1) is 33.1 Å². The first-order valence-corrected chi connectivity index (χ1v) is 20.8. The fourth-order valence-electron chi connectivity index (χ4n) is 6.01. The Morgan fingerprint density at radius 2 is 1.67 bits per heavy atom. The SMILES string of the molecule is CNS(=O)(=O)c1ccc(C(C)(C)C2=CC3CC3=C(SCc3ccc(S(=O)(=O)NC(O)NN4CCOCC4)cc3Cl)N2c2ccc(F)c(Cl)c2)cc1. The highest BCUT2D eigenvalue weighted by molar-refractivity contribution is 8.02. The molecule has 6 rings (SSSR count). The van der Waals surface area contributed by atoms with Gasteiger partial charge in [0.25, 0.3) is 0 Å². The fraction of sp³-hybridized carbons (Fsp3) is 0.353. The molecule has 2 heterocycles. The predicted octanol–water partition coefficient (Wildman–Crippen LogP) is 5.28. The number of halogens is 3. The van der Waals surface area contributed by atoms with Crippen LogP contribution >= 0.6 is 35.0 Å². The number of sulfonamides is 2. The van der Waals surface area contributed by atoms with E-state index >= 15 is 0 Å². The third-order valence-electron chi connectivity index (χ3n) is 9.04. The number of nitrogens with zero attached hydrogens (tertiary/aromatic N) is 2. The molecule has 0 amide bonds. The van der Waals surface area contributed by atoms with Crippen LogP contribution in [0.4, 0.5) is 10.1 Å². The zero-order valence-corrected chi connectivity index (χ0v) is 32.0. The van der Waals surface area contributed by atoms with E-state index < -0.39 is 37.6 Å². The van der Waals surface area contributed by atoms with Gasteiger partial charge in [0, 0.05) is 46.6 Å². The van der Waals surface area contributed by atoms with Crippen LogP contribution in [0.15, 0.2) is 92.8 Å². The van der Waals surface area contributed by atoms with Crippen molar-refractivity contribution in [1.82, 2.24) is 19.9 Å². The predicted molar refractivity (Wildman–Crippen MR) is 197 cm³/mol. The lowest BCUT2D eigenvalue weighted by Crippen LogP contribution is -2.55. The summed E-state index contributed by atoms with van der Waals surface area (Å²) in [4.78, 5) is 2.11. The fourth-order valence-corrected chi connectivity index (χ4v) is 9.60. The second-order valence-corrected chi connectivity index (χ2v) is 18.2. The number of aliphatic hydroxyl groups is 1. The summed E-state index contributed by atoms with van der Waals surface area (Å²) in [5.41, 5.74) is 6.38. The summed E-state index contributed by atoms with van der Waals surface area (Å²) in [5.74, 6) is 0.0228. The molecule has 0 spiro atoms. The lowest BCUT2D eigenvalue weighted by molar-refractivity contribution is -0.0354. The maximum atomic E-state index is 14.4. The monoisotopic (exact) mass is 797 g/mol. The molecule has 2 unspecified atom stereocenters. The molecule has 2 atom stereocenters. The van der Waals surface area contributed by atoms with Crippen molar-refractivity contribution in [3.63, 3.8) is 0 Å². The molecule has 1 aliphatic carbocycles. The highest BCUT2D eigenvalue weighted by Gasteiger charge is 2.44. The van der Waals surface area contributed by atoms with Crippen molar-refractivity contribution in [2.24, 2.45) is 5.92 Å². The van der Waals surface area contributed by atoms with Gasteiger partial charge in [-0.25, -0.2) is 36.4 Å². The molecule has 11 nitrogen and oxygen atoms in total. The van der Waals surface area contributed by atoms with Crippen LogP contribution < -0.4 is 19.8 Å². The number of fused-ring (bicyclic) bond motifs is 1. The topological polar surface area (TPSA) is 140 Å². The van der Waals surface area contributed by atoms with Crippen LogP contribution in [-0.2, 0) is 36.0 Å². The second kappa shape index (κ2) is 15.1. The number of ether oxygens (including phenoxy) is 1. The Balaban J connectivity index is 1.25. The first-order valence-electron chi connectivity index (χ1n) is 16.1. The van der Waals surface area contributed by atoms with E-state index in [1.807, 2.05) is 13.8 Å². The van der Waals surface area contributed by atoms with Gasteiger partial charge in [-0.05, 0) is 72.6 Å². The average molecular weight is 799 g/mol. The number of morpholine rings is 1. The largest absolute Gasteiger partial charge is 0.379 e. The third-order valence-corrected chi connectivity index (χ3v) is 13.7. The highest BCUT2D eigenvalue weighted by atomic mass is 35.5. The van der Waals surface area contributed by atoms with Gasteiger partial charge in [-0.3, -0.25) is 0 Å². The minimum atomic E-state index is -4.12. The molecule has 3 aromatic rings. The van der Waals surface area contributed by atoms with Crippen LogP contribution in [-0.4, -0.2) is 66.7 Å². The Hall–Kier alpha value is -2.54. The minimum Gasteiger partial charge on any atom is -0.379 e. The zero-order chi connectivity index (χ0) is 36.7. The average Bonchev–Trinajstić information content (AvgIpc) is 3.88.